The molecule has 0 unspecified atom stereocenters. The van der Waals surface area contributed by atoms with E-state index in [1.807, 2.05) is 19.9 Å². The highest BCUT2D eigenvalue weighted by atomic mass is 35.5. The Morgan fingerprint density at radius 2 is 1.84 bits per heavy atom. The zero-order chi connectivity index (χ0) is 26.5. The molecule has 2 aromatic carbocycles. The molecule has 3 aliphatic rings. The Morgan fingerprint density at radius 3 is 2.51 bits per heavy atom. The van der Waals surface area contributed by atoms with Crippen LogP contribution in [0, 0.1) is 5.82 Å². The number of halogens is 3. The SMILES string of the molecule is CCC1(CC)N[C@@H](C(=O)N[C@H]2CC[C@H](O)CC2)[C@H](c2cccc(Cl)c2F)[C@]12C(=O)Nc1cc(Cl)ccc12. The van der Waals surface area contributed by atoms with Crippen molar-refractivity contribution in [1.29, 1.82) is 0 Å². The number of aliphatic hydroxyl groups excluding tert-OH is 1. The molecular weight excluding hydrogens is 516 g/mol. The number of aliphatic hydroxyl groups is 1. The third-order valence-electron chi connectivity index (χ3n) is 8.85. The van der Waals surface area contributed by atoms with Crippen LogP contribution in [-0.2, 0) is 15.0 Å². The van der Waals surface area contributed by atoms with E-state index < -0.39 is 28.7 Å². The zero-order valence-electron chi connectivity index (χ0n) is 20.9. The highest BCUT2D eigenvalue weighted by Gasteiger charge is 2.71. The minimum atomic E-state index is -1.29. The summed E-state index contributed by atoms with van der Waals surface area (Å²) >= 11 is 12.5. The summed E-state index contributed by atoms with van der Waals surface area (Å²) in [6.07, 6.45) is 3.25. The first-order valence-electron chi connectivity index (χ1n) is 13.0. The summed E-state index contributed by atoms with van der Waals surface area (Å²) in [5.41, 5.74) is -0.646. The van der Waals surface area contributed by atoms with E-state index in [0.29, 0.717) is 54.8 Å². The van der Waals surface area contributed by atoms with Gasteiger partial charge in [0.15, 0.2) is 0 Å². The normalized spacial score (nSPS) is 30.3. The van der Waals surface area contributed by atoms with Gasteiger partial charge in [0.25, 0.3) is 0 Å². The smallest absolute Gasteiger partial charge is 0.238 e. The maximum absolute atomic E-state index is 15.8. The van der Waals surface area contributed by atoms with Gasteiger partial charge in [-0.1, -0.05) is 55.2 Å². The van der Waals surface area contributed by atoms with E-state index in [1.165, 1.54) is 6.07 Å². The lowest BCUT2D eigenvalue weighted by molar-refractivity contribution is -0.124. The Kier molecular flexibility index (Phi) is 7.03. The minimum absolute atomic E-state index is 0.0618. The molecule has 1 aliphatic carbocycles. The van der Waals surface area contributed by atoms with Crippen LogP contribution in [-0.4, -0.2) is 40.6 Å². The molecule has 2 aliphatic heterocycles. The van der Waals surface area contributed by atoms with Gasteiger partial charge in [-0.05, 0) is 67.9 Å². The monoisotopic (exact) mass is 547 g/mol. The standard InChI is InChI=1S/C28H32Cl2FN3O3/c1-3-27(4-2)28(19-13-8-15(29)14-21(19)33-26(28)37)22(18-6-5-7-20(30)23(18)31)24(34-27)25(36)32-16-9-11-17(35)12-10-16/h5-8,13-14,16-17,22,24,34-35H,3-4,9-12H2,1-2H3,(H,32,36)(H,33,37)/t16-,17-,22-,24+,28+/m0/s1. The molecule has 1 saturated carbocycles. The Hall–Kier alpha value is -2.19. The molecule has 3 atom stereocenters. The number of carbonyl (C=O) groups is 2. The molecule has 2 amide bonds. The van der Waals surface area contributed by atoms with Gasteiger partial charge in [0.1, 0.15) is 11.2 Å². The number of amides is 2. The summed E-state index contributed by atoms with van der Waals surface area (Å²) in [6.45, 7) is 3.96. The summed E-state index contributed by atoms with van der Waals surface area (Å²) in [4.78, 5) is 28.1. The molecule has 37 heavy (non-hydrogen) atoms. The van der Waals surface area contributed by atoms with Gasteiger partial charge in [-0.15, -0.1) is 0 Å². The molecule has 0 bridgehead atoms. The number of rotatable bonds is 5. The molecule has 2 fully saturated rings. The van der Waals surface area contributed by atoms with Gasteiger partial charge in [0.05, 0.1) is 17.2 Å². The van der Waals surface area contributed by atoms with Crippen LogP contribution in [0.5, 0.6) is 0 Å². The number of benzene rings is 2. The number of hydrogen-bond donors (Lipinski definition) is 4. The fourth-order valence-electron chi connectivity index (χ4n) is 7.05. The van der Waals surface area contributed by atoms with E-state index in [9.17, 15) is 14.7 Å². The third-order valence-corrected chi connectivity index (χ3v) is 9.38. The molecule has 1 saturated heterocycles. The number of carbonyl (C=O) groups excluding carboxylic acids is 2. The van der Waals surface area contributed by atoms with Gasteiger partial charge < -0.3 is 15.7 Å². The topological polar surface area (TPSA) is 90.5 Å². The summed E-state index contributed by atoms with van der Waals surface area (Å²) in [6, 6.07) is 8.99. The van der Waals surface area contributed by atoms with Crippen LogP contribution < -0.4 is 16.0 Å². The first-order valence-corrected chi connectivity index (χ1v) is 13.8. The molecule has 9 heteroatoms. The summed E-state index contributed by atoms with van der Waals surface area (Å²) in [7, 11) is 0. The number of hydrogen-bond acceptors (Lipinski definition) is 4. The average molecular weight is 548 g/mol. The second-order valence-electron chi connectivity index (χ2n) is 10.5. The Morgan fingerprint density at radius 1 is 1.14 bits per heavy atom. The molecule has 2 aromatic rings. The van der Waals surface area contributed by atoms with E-state index in [4.69, 9.17) is 23.2 Å². The van der Waals surface area contributed by atoms with Gasteiger partial charge in [-0.25, -0.2) is 4.39 Å². The second-order valence-corrected chi connectivity index (χ2v) is 11.3. The van der Waals surface area contributed by atoms with Crippen molar-refractivity contribution in [2.24, 2.45) is 0 Å². The van der Waals surface area contributed by atoms with Crippen molar-refractivity contribution in [3.8, 4) is 0 Å². The van der Waals surface area contributed by atoms with Gasteiger partial charge in [-0.2, -0.15) is 0 Å². The third kappa shape index (κ3) is 3.97. The molecule has 0 radical (unpaired) electrons. The van der Waals surface area contributed by atoms with Crippen LogP contribution in [0.2, 0.25) is 10.0 Å². The van der Waals surface area contributed by atoms with Gasteiger partial charge in [-0.3, -0.25) is 14.9 Å². The van der Waals surface area contributed by atoms with Gasteiger partial charge in [0, 0.05) is 28.2 Å². The molecule has 198 valence electrons. The predicted octanol–water partition coefficient (Wildman–Crippen LogP) is 5.06. The first kappa shape index (κ1) is 26.4. The zero-order valence-corrected chi connectivity index (χ0v) is 22.4. The predicted molar refractivity (Wildman–Crippen MR) is 143 cm³/mol. The van der Waals surface area contributed by atoms with Crippen molar-refractivity contribution < 1.29 is 19.1 Å². The lowest BCUT2D eigenvalue weighted by Crippen LogP contribution is -2.59. The summed E-state index contributed by atoms with van der Waals surface area (Å²) in [5, 5.41) is 20.0. The molecule has 2 heterocycles. The average Bonchev–Trinajstić information content (AvgIpc) is 3.35. The van der Waals surface area contributed by atoms with Crippen LogP contribution in [0.1, 0.15) is 69.4 Å². The molecule has 6 nitrogen and oxygen atoms in total. The van der Waals surface area contributed by atoms with Crippen LogP contribution >= 0.6 is 23.2 Å². The second kappa shape index (κ2) is 9.84. The van der Waals surface area contributed by atoms with Crippen molar-refractivity contribution in [2.45, 2.75) is 87.4 Å². The number of fused-ring (bicyclic) bond motifs is 2. The molecule has 1 spiro atoms. The van der Waals surface area contributed by atoms with Crippen molar-refractivity contribution in [2.75, 3.05) is 5.32 Å². The minimum Gasteiger partial charge on any atom is -0.393 e. The first-order chi connectivity index (χ1) is 17.7. The van der Waals surface area contributed by atoms with E-state index in [1.54, 1.807) is 24.3 Å². The molecule has 0 aromatic heterocycles. The van der Waals surface area contributed by atoms with Crippen LogP contribution in [0.25, 0.3) is 0 Å². The maximum atomic E-state index is 15.8. The van der Waals surface area contributed by atoms with E-state index in [0.717, 1.165) is 0 Å². The van der Waals surface area contributed by atoms with Crippen LogP contribution in [0.3, 0.4) is 0 Å². The highest BCUT2D eigenvalue weighted by Crippen LogP contribution is 2.61. The fourth-order valence-corrected chi connectivity index (χ4v) is 7.40. The molecular formula is C28H32Cl2FN3O3. The maximum Gasteiger partial charge on any atom is 0.238 e. The lowest BCUT2D eigenvalue weighted by Gasteiger charge is -2.44. The summed E-state index contributed by atoms with van der Waals surface area (Å²) in [5.74, 6) is -2.08. The van der Waals surface area contributed by atoms with Crippen LogP contribution in [0.15, 0.2) is 36.4 Å². The van der Waals surface area contributed by atoms with E-state index >= 15 is 4.39 Å². The molecule has 4 N–H and O–H groups in total. The van der Waals surface area contributed by atoms with Crippen molar-refractivity contribution in [3.63, 3.8) is 0 Å². The number of anilines is 1. The van der Waals surface area contributed by atoms with E-state index in [2.05, 4.69) is 16.0 Å². The summed E-state index contributed by atoms with van der Waals surface area (Å²) < 4.78 is 15.8. The number of nitrogens with one attached hydrogen (secondary N) is 3. The Balaban J connectivity index is 1.70. The fraction of sp³-hybridized carbons (Fsp3) is 0.500. The Bertz CT molecular complexity index is 1230. The quantitative estimate of drug-likeness (QED) is 0.421. The van der Waals surface area contributed by atoms with Gasteiger partial charge in [0.2, 0.25) is 11.8 Å². The van der Waals surface area contributed by atoms with Crippen molar-refractivity contribution in [3.05, 3.63) is 63.4 Å². The Labute approximate surface area is 226 Å². The van der Waals surface area contributed by atoms with Crippen molar-refractivity contribution in [1.82, 2.24) is 10.6 Å². The largest absolute Gasteiger partial charge is 0.393 e. The lowest BCUT2D eigenvalue weighted by atomic mass is 9.57. The van der Waals surface area contributed by atoms with E-state index in [-0.39, 0.29) is 34.5 Å². The van der Waals surface area contributed by atoms with Gasteiger partial charge >= 0.3 is 0 Å². The van der Waals surface area contributed by atoms with Crippen molar-refractivity contribution >= 4 is 40.7 Å². The van der Waals surface area contributed by atoms with Crippen LogP contribution in [0.4, 0.5) is 10.1 Å². The molecule has 5 rings (SSSR count). The highest BCUT2D eigenvalue weighted by molar-refractivity contribution is 6.31.